The molecule has 0 fully saturated rings. The average molecular weight is 310 g/mol. The van der Waals surface area contributed by atoms with E-state index in [-0.39, 0.29) is 0 Å². The summed E-state index contributed by atoms with van der Waals surface area (Å²) < 4.78 is 5.50. The number of hydrogen-bond acceptors (Lipinski definition) is 5. The number of hydrogen-bond donors (Lipinski definition) is 1. The van der Waals surface area contributed by atoms with E-state index in [0.717, 1.165) is 39.7 Å². The fraction of sp³-hybridized carbons (Fsp3) is 0.188. The first-order chi connectivity index (χ1) is 10.9. The predicted molar refractivity (Wildman–Crippen MR) is 87.2 cm³/mol. The van der Waals surface area contributed by atoms with Crippen LogP contribution in [0.2, 0.25) is 0 Å². The van der Waals surface area contributed by atoms with Gasteiger partial charge in [-0.05, 0) is 30.3 Å². The minimum Gasteiger partial charge on any atom is -0.476 e. The third-order valence-corrected chi connectivity index (χ3v) is 4.28. The minimum absolute atomic E-state index is 0.666. The predicted octanol–water partition coefficient (Wildman–Crippen LogP) is 3.03. The highest BCUT2D eigenvalue weighted by molar-refractivity contribution is 7.98. The monoisotopic (exact) mass is 310 g/mol. The first kappa shape index (κ1) is 13.3. The van der Waals surface area contributed by atoms with Gasteiger partial charge in [-0.1, -0.05) is 17.8 Å². The molecule has 0 bridgehead atoms. The molecule has 0 unspecified atom stereocenters. The molecular weight excluding hydrogens is 296 g/mol. The van der Waals surface area contributed by atoms with Crippen molar-refractivity contribution in [3.05, 3.63) is 53.9 Å². The zero-order valence-corrected chi connectivity index (χ0v) is 12.6. The topological polar surface area (TPSA) is 63.2 Å². The maximum absolute atomic E-state index is 5.50. The molecule has 22 heavy (non-hydrogen) atoms. The van der Waals surface area contributed by atoms with Crippen LogP contribution in [0.15, 0.2) is 52.7 Å². The normalized spacial score (nSPS) is 14.1. The van der Waals surface area contributed by atoms with E-state index >= 15 is 0 Å². The molecule has 0 atom stereocenters. The summed E-state index contributed by atoms with van der Waals surface area (Å²) in [5, 5.41) is 0.895. The van der Waals surface area contributed by atoms with Crippen LogP contribution < -0.4 is 0 Å². The third-order valence-electron chi connectivity index (χ3n) is 3.38. The van der Waals surface area contributed by atoms with Crippen molar-refractivity contribution < 1.29 is 4.74 Å². The Hall–Kier alpha value is -2.34. The van der Waals surface area contributed by atoms with E-state index in [0.29, 0.717) is 12.5 Å². The van der Waals surface area contributed by atoms with Gasteiger partial charge in [0.2, 0.25) is 5.90 Å². The molecule has 3 aromatic rings. The Labute approximate surface area is 131 Å². The van der Waals surface area contributed by atoms with Gasteiger partial charge in [-0.25, -0.2) is 9.98 Å². The first-order valence-corrected chi connectivity index (χ1v) is 8.07. The highest BCUT2D eigenvalue weighted by Crippen LogP contribution is 2.23. The zero-order valence-electron chi connectivity index (χ0n) is 11.8. The number of pyridine rings is 1. The van der Waals surface area contributed by atoms with Crippen molar-refractivity contribution in [2.75, 3.05) is 13.2 Å². The van der Waals surface area contributed by atoms with Crippen molar-refractivity contribution in [3.63, 3.8) is 0 Å². The third kappa shape index (κ3) is 2.69. The Bertz CT molecular complexity index is 829. The summed E-state index contributed by atoms with van der Waals surface area (Å²) in [6.07, 6.45) is 1.81. The molecule has 1 N–H and O–H groups in total. The number of ether oxygens (including phenoxy) is 1. The fourth-order valence-electron chi connectivity index (χ4n) is 2.32. The molecule has 1 aromatic carbocycles. The van der Waals surface area contributed by atoms with E-state index in [9.17, 15) is 0 Å². The largest absolute Gasteiger partial charge is 0.476 e. The summed E-state index contributed by atoms with van der Waals surface area (Å²) in [7, 11) is 0. The number of thioether (sulfide) groups is 1. The quantitative estimate of drug-likeness (QED) is 0.752. The number of benzene rings is 1. The molecule has 4 rings (SSSR count). The molecule has 1 aliphatic heterocycles. The van der Waals surface area contributed by atoms with Crippen LogP contribution in [-0.4, -0.2) is 34.0 Å². The maximum Gasteiger partial charge on any atom is 0.216 e. The Morgan fingerprint density at radius 3 is 3.05 bits per heavy atom. The van der Waals surface area contributed by atoms with E-state index in [1.165, 1.54) is 0 Å². The van der Waals surface area contributed by atoms with E-state index in [4.69, 9.17) is 4.74 Å². The molecule has 0 radical (unpaired) electrons. The van der Waals surface area contributed by atoms with E-state index in [1.807, 2.05) is 42.6 Å². The van der Waals surface area contributed by atoms with Crippen LogP contribution >= 0.6 is 11.8 Å². The number of rotatable bonds is 4. The van der Waals surface area contributed by atoms with Crippen LogP contribution in [0, 0.1) is 0 Å². The van der Waals surface area contributed by atoms with Crippen LogP contribution in [-0.2, 0) is 10.5 Å². The molecule has 0 saturated heterocycles. The summed E-state index contributed by atoms with van der Waals surface area (Å²) in [6.45, 7) is 1.40. The van der Waals surface area contributed by atoms with Crippen molar-refractivity contribution >= 4 is 28.7 Å². The summed E-state index contributed by atoms with van der Waals surface area (Å²) >= 11 is 1.65. The van der Waals surface area contributed by atoms with Gasteiger partial charge in [-0.2, -0.15) is 0 Å². The molecule has 0 aliphatic carbocycles. The lowest BCUT2D eigenvalue weighted by molar-refractivity contribution is 0.348. The number of imidazole rings is 1. The van der Waals surface area contributed by atoms with Crippen LogP contribution in [0.5, 0.6) is 0 Å². The lowest BCUT2D eigenvalue weighted by Crippen LogP contribution is -2.00. The number of aliphatic imine (C=N–C) groups is 1. The van der Waals surface area contributed by atoms with Gasteiger partial charge < -0.3 is 9.72 Å². The molecule has 1 aliphatic rings. The second-order valence-electron chi connectivity index (χ2n) is 4.92. The van der Waals surface area contributed by atoms with Crippen molar-refractivity contribution in [2.24, 2.45) is 4.99 Å². The van der Waals surface area contributed by atoms with Gasteiger partial charge in [-0.15, -0.1) is 0 Å². The molecule has 0 spiro atoms. The summed E-state index contributed by atoms with van der Waals surface area (Å²) in [5.74, 6) is 1.51. The highest BCUT2D eigenvalue weighted by Gasteiger charge is 2.12. The zero-order chi connectivity index (χ0) is 14.8. The molecule has 2 aromatic heterocycles. The van der Waals surface area contributed by atoms with Gasteiger partial charge in [0.25, 0.3) is 0 Å². The lowest BCUT2D eigenvalue weighted by Gasteiger charge is -2.00. The number of nitrogens with one attached hydrogen (secondary N) is 1. The molecule has 0 amide bonds. The molecule has 6 heteroatoms. The number of aromatic amines is 1. The smallest absolute Gasteiger partial charge is 0.216 e. The van der Waals surface area contributed by atoms with Crippen LogP contribution in [0.3, 0.4) is 0 Å². The number of fused-ring (bicyclic) bond motifs is 1. The second-order valence-corrected chi connectivity index (χ2v) is 5.88. The highest BCUT2D eigenvalue weighted by atomic mass is 32.2. The standard InChI is InChI=1S/C16H14N4OS/c1-2-6-17-12(3-1)10-22-16-19-13-5-4-11(9-14(13)20-16)15-18-7-8-21-15/h1-6,9H,7-8,10H2,(H,19,20). The van der Waals surface area contributed by atoms with Gasteiger partial charge in [0, 0.05) is 17.5 Å². The molecule has 110 valence electrons. The van der Waals surface area contributed by atoms with Crippen LogP contribution in [0.1, 0.15) is 11.3 Å². The van der Waals surface area contributed by atoms with E-state index < -0.39 is 0 Å². The Morgan fingerprint density at radius 1 is 1.23 bits per heavy atom. The molecule has 5 nitrogen and oxygen atoms in total. The average Bonchev–Trinajstić information content (AvgIpc) is 3.22. The minimum atomic E-state index is 0.666. The fourth-order valence-corrected chi connectivity index (χ4v) is 3.12. The first-order valence-electron chi connectivity index (χ1n) is 7.08. The van der Waals surface area contributed by atoms with E-state index in [2.05, 4.69) is 19.9 Å². The Kier molecular flexibility index (Phi) is 3.52. The lowest BCUT2D eigenvalue weighted by atomic mass is 10.2. The summed E-state index contributed by atoms with van der Waals surface area (Å²) in [5.41, 5.74) is 3.98. The maximum atomic E-state index is 5.50. The molecule has 3 heterocycles. The van der Waals surface area contributed by atoms with Gasteiger partial charge in [0.15, 0.2) is 5.16 Å². The van der Waals surface area contributed by atoms with Crippen LogP contribution in [0.4, 0.5) is 0 Å². The Balaban J connectivity index is 1.55. The van der Waals surface area contributed by atoms with Gasteiger partial charge >= 0.3 is 0 Å². The Morgan fingerprint density at radius 2 is 2.23 bits per heavy atom. The second kappa shape index (κ2) is 5.81. The number of H-pyrrole nitrogens is 1. The van der Waals surface area contributed by atoms with Gasteiger partial charge in [0.05, 0.1) is 23.3 Å². The number of nitrogens with zero attached hydrogens (tertiary/aromatic N) is 3. The number of aromatic nitrogens is 3. The SMILES string of the molecule is c1ccc(CSc2nc3cc(C4=NCCO4)ccc3[nH]2)nc1. The van der Waals surface area contributed by atoms with Crippen molar-refractivity contribution in [3.8, 4) is 0 Å². The summed E-state index contributed by atoms with van der Waals surface area (Å²) in [4.78, 5) is 16.6. The molecular formula is C16H14N4OS. The van der Waals surface area contributed by atoms with E-state index in [1.54, 1.807) is 11.8 Å². The van der Waals surface area contributed by atoms with Crippen molar-refractivity contribution in [1.82, 2.24) is 15.0 Å². The molecule has 0 saturated carbocycles. The van der Waals surface area contributed by atoms with Gasteiger partial charge in [-0.3, -0.25) is 4.98 Å². The van der Waals surface area contributed by atoms with Crippen LogP contribution in [0.25, 0.3) is 11.0 Å². The summed E-state index contributed by atoms with van der Waals surface area (Å²) in [6, 6.07) is 12.0. The van der Waals surface area contributed by atoms with Crippen molar-refractivity contribution in [2.45, 2.75) is 10.9 Å². The van der Waals surface area contributed by atoms with Crippen molar-refractivity contribution in [1.29, 1.82) is 0 Å². The van der Waals surface area contributed by atoms with Gasteiger partial charge in [0.1, 0.15) is 6.61 Å².